The maximum absolute atomic E-state index is 14.3. The van der Waals surface area contributed by atoms with Gasteiger partial charge in [-0.05, 0) is 51.7 Å². The van der Waals surface area contributed by atoms with E-state index in [1.54, 1.807) is 55.7 Å². The fourth-order valence-electron chi connectivity index (χ4n) is 6.18. The Labute approximate surface area is 255 Å². The summed E-state index contributed by atoms with van der Waals surface area (Å²) >= 11 is 0. The summed E-state index contributed by atoms with van der Waals surface area (Å²) in [5.74, 6) is -0.0386. The summed E-state index contributed by atoms with van der Waals surface area (Å²) in [6.45, 7) is 7.34. The van der Waals surface area contributed by atoms with Crippen molar-refractivity contribution in [1.82, 2.24) is 24.6 Å². The number of nitrogens with two attached hydrogens (primary N) is 1. The SMILES string of the molecule is CCOc1nc(N)nc2c1ncn2[C@@H]1O[C@@H]2C(OP(=O)(N[C@@H](C)C(=O)OC3CCCCC3)Oc3ccccc3)[C@]2(O)C1(C)C. The van der Waals surface area contributed by atoms with Crippen molar-refractivity contribution < 1.29 is 37.7 Å². The zero-order valence-electron chi connectivity index (χ0n) is 25.2. The summed E-state index contributed by atoms with van der Waals surface area (Å²) in [6.07, 6.45) is 3.43. The fourth-order valence-corrected chi connectivity index (χ4v) is 7.89. The number of aromatic nitrogens is 4. The molecule has 2 aliphatic carbocycles. The normalized spacial score (nSPS) is 28.2. The summed E-state index contributed by atoms with van der Waals surface area (Å²) < 4.78 is 45.4. The molecule has 15 heteroatoms. The van der Waals surface area contributed by atoms with Gasteiger partial charge in [0.2, 0.25) is 11.8 Å². The number of nitrogens with one attached hydrogen (secondary N) is 1. The Morgan fingerprint density at radius 2 is 1.95 bits per heavy atom. The van der Waals surface area contributed by atoms with Crippen LogP contribution in [0.3, 0.4) is 0 Å². The third kappa shape index (κ3) is 5.43. The molecule has 2 saturated carbocycles. The van der Waals surface area contributed by atoms with Gasteiger partial charge in [-0.15, -0.1) is 0 Å². The van der Waals surface area contributed by atoms with Crippen molar-refractivity contribution >= 4 is 30.8 Å². The van der Waals surface area contributed by atoms with Crippen molar-refractivity contribution in [2.45, 2.75) is 96.0 Å². The van der Waals surface area contributed by atoms with Crippen LogP contribution < -0.4 is 20.1 Å². The molecule has 238 valence electrons. The van der Waals surface area contributed by atoms with Crippen LogP contribution in [0.25, 0.3) is 11.2 Å². The van der Waals surface area contributed by atoms with Crippen LogP contribution in [0.15, 0.2) is 36.7 Å². The van der Waals surface area contributed by atoms with Crippen LogP contribution in [-0.2, 0) is 23.4 Å². The second-order valence-electron chi connectivity index (χ2n) is 12.1. The summed E-state index contributed by atoms with van der Waals surface area (Å²) in [5, 5.41) is 14.7. The smallest absolute Gasteiger partial charge is 0.459 e. The Morgan fingerprint density at radius 3 is 2.61 bits per heavy atom. The number of anilines is 1. The Kier molecular flexibility index (Phi) is 8.08. The number of hydrogen-bond donors (Lipinski definition) is 3. The number of esters is 1. The largest absolute Gasteiger partial charge is 0.476 e. The predicted octanol–water partition coefficient (Wildman–Crippen LogP) is 3.90. The average molecular weight is 631 g/mol. The summed E-state index contributed by atoms with van der Waals surface area (Å²) in [4.78, 5) is 25.8. The second kappa shape index (κ2) is 11.6. The molecular weight excluding hydrogens is 591 g/mol. The lowest BCUT2D eigenvalue weighted by Crippen LogP contribution is -2.41. The van der Waals surface area contributed by atoms with Gasteiger partial charge >= 0.3 is 13.7 Å². The number of ether oxygens (including phenoxy) is 3. The highest BCUT2D eigenvalue weighted by atomic mass is 31.2. The number of aliphatic hydroxyl groups is 1. The standard InChI is InChI=1S/C29H39N6O8P/c1-5-39-24-20-23(32-27(30)33-24)35(16-31-20)26-28(3,4)29(37)21(41-26)22(29)43-44(38,42-19-14-10-7-11-15-19)34-17(2)25(36)40-18-12-8-6-9-13-18/h7,10-11,14-18,21-22,26,37H,5-6,8-9,12-13H2,1-4H3,(H,34,38)(H2,30,32,33)/t17-,21+,22?,26+,29-,44?/m0/s1. The van der Waals surface area contributed by atoms with E-state index in [2.05, 4.69) is 20.0 Å². The second-order valence-corrected chi connectivity index (χ2v) is 13.7. The Hall–Kier alpha value is -3.29. The number of carbonyl (C=O) groups excluding carboxylic acids is 1. The first-order valence-corrected chi connectivity index (χ1v) is 16.5. The quantitative estimate of drug-likeness (QED) is 0.205. The molecule has 0 radical (unpaired) electrons. The lowest BCUT2D eigenvalue weighted by Gasteiger charge is -2.35. The molecule has 0 amide bonds. The Morgan fingerprint density at radius 1 is 1.23 bits per heavy atom. The van der Waals surface area contributed by atoms with E-state index in [1.807, 2.05) is 6.92 Å². The maximum Gasteiger partial charge on any atom is 0.459 e. The molecule has 6 rings (SSSR count). The third-order valence-electron chi connectivity index (χ3n) is 8.66. The summed E-state index contributed by atoms with van der Waals surface area (Å²) in [5.41, 5.74) is 4.16. The lowest BCUT2D eigenvalue weighted by molar-refractivity contribution is -0.152. The van der Waals surface area contributed by atoms with E-state index >= 15 is 0 Å². The van der Waals surface area contributed by atoms with Crippen LogP contribution in [-0.4, -0.2) is 67.2 Å². The van der Waals surface area contributed by atoms with Crippen molar-refractivity contribution in [1.29, 1.82) is 0 Å². The van der Waals surface area contributed by atoms with E-state index in [1.165, 1.54) is 6.33 Å². The number of hydrogen-bond acceptors (Lipinski definition) is 12. The number of imidazole rings is 1. The lowest BCUT2D eigenvalue weighted by atomic mass is 9.83. The molecule has 6 atom stereocenters. The number of carbonyl (C=O) groups is 1. The van der Waals surface area contributed by atoms with E-state index in [9.17, 15) is 14.5 Å². The predicted molar refractivity (Wildman–Crippen MR) is 159 cm³/mol. The van der Waals surface area contributed by atoms with Crippen LogP contribution >= 0.6 is 7.75 Å². The number of para-hydroxylation sites is 1. The molecule has 3 aliphatic rings. The number of fused-ring (bicyclic) bond motifs is 2. The van der Waals surface area contributed by atoms with Crippen molar-refractivity contribution in [2.75, 3.05) is 12.3 Å². The van der Waals surface area contributed by atoms with E-state index in [4.69, 9.17) is 29.0 Å². The van der Waals surface area contributed by atoms with Gasteiger partial charge in [-0.1, -0.05) is 38.5 Å². The highest BCUT2D eigenvalue weighted by Gasteiger charge is 2.82. The molecular formula is C29H39N6O8P. The first-order valence-electron chi connectivity index (χ1n) is 15.0. The van der Waals surface area contributed by atoms with Gasteiger partial charge in [0, 0.05) is 5.41 Å². The van der Waals surface area contributed by atoms with Crippen LogP contribution in [0.5, 0.6) is 11.6 Å². The van der Waals surface area contributed by atoms with Gasteiger partial charge in [0.15, 0.2) is 11.2 Å². The minimum Gasteiger partial charge on any atom is -0.476 e. The topological polar surface area (TPSA) is 182 Å². The van der Waals surface area contributed by atoms with Crippen LogP contribution in [0.2, 0.25) is 0 Å². The van der Waals surface area contributed by atoms with Crippen molar-refractivity contribution in [3.8, 4) is 11.6 Å². The van der Waals surface area contributed by atoms with Gasteiger partial charge in [0.05, 0.1) is 12.9 Å². The number of benzene rings is 1. The van der Waals surface area contributed by atoms with E-state index < -0.39 is 49.2 Å². The minimum absolute atomic E-state index is 0.00444. The molecule has 2 aromatic heterocycles. The van der Waals surface area contributed by atoms with Gasteiger partial charge in [-0.2, -0.15) is 15.1 Å². The Balaban J connectivity index is 1.22. The van der Waals surface area contributed by atoms with Crippen molar-refractivity contribution in [3.63, 3.8) is 0 Å². The average Bonchev–Trinajstić information content (AvgIpc) is 3.22. The number of nitrogen functional groups attached to an aromatic ring is 1. The third-order valence-corrected chi connectivity index (χ3v) is 10.3. The molecule has 1 aromatic carbocycles. The van der Waals surface area contributed by atoms with Gasteiger partial charge < -0.3 is 29.6 Å². The van der Waals surface area contributed by atoms with E-state index in [0.29, 0.717) is 17.8 Å². The summed E-state index contributed by atoms with van der Waals surface area (Å²) in [7, 11) is -4.25. The highest BCUT2D eigenvalue weighted by Crippen LogP contribution is 2.68. The molecule has 14 nitrogen and oxygen atoms in total. The maximum atomic E-state index is 14.3. The van der Waals surface area contributed by atoms with Crippen LogP contribution in [0, 0.1) is 5.41 Å². The number of nitrogens with zero attached hydrogens (tertiary/aromatic N) is 4. The molecule has 3 aromatic rings. The van der Waals surface area contributed by atoms with Crippen molar-refractivity contribution in [3.05, 3.63) is 36.7 Å². The molecule has 0 spiro atoms. The first-order chi connectivity index (χ1) is 21.0. The monoisotopic (exact) mass is 630 g/mol. The van der Waals surface area contributed by atoms with Crippen LogP contribution in [0.1, 0.15) is 66.0 Å². The van der Waals surface area contributed by atoms with E-state index in [0.717, 1.165) is 32.1 Å². The first kappa shape index (κ1) is 30.7. The van der Waals surface area contributed by atoms with Gasteiger partial charge in [-0.3, -0.25) is 13.9 Å². The molecule has 0 bridgehead atoms. The fraction of sp³-hybridized carbons (Fsp3) is 0.586. The van der Waals surface area contributed by atoms with Gasteiger partial charge in [-0.25, -0.2) is 9.55 Å². The van der Waals surface area contributed by atoms with Gasteiger partial charge in [0.1, 0.15) is 41.9 Å². The highest BCUT2D eigenvalue weighted by molar-refractivity contribution is 7.52. The molecule has 2 unspecified atom stereocenters. The molecule has 3 heterocycles. The molecule has 1 saturated heterocycles. The van der Waals surface area contributed by atoms with Gasteiger partial charge in [0.25, 0.3) is 0 Å². The van der Waals surface area contributed by atoms with E-state index in [-0.39, 0.29) is 23.7 Å². The minimum atomic E-state index is -4.25. The van der Waals surface area contributed by atoms with Crippen molar-refractivity contribution in [2.24, 2.45) is 5.41 Å². The number of rotatable bonds is 11. The molecule has 1 aliphatic heterocycles. The Bertz CT molecular complexity index is 1560. The molecule has 4 N–H and O–H groups in total. The van der Waals surface area contributed by atoms with Crippen LogP contribution in [0.4, 0.5) is 5.95 Å². The zero-order valence-corrected chi connectivity index (χ0v) is 26.1. The summed E-state index contributed by atoms with van der Waals surface area (Å²) in [6, 6.07) is 7.46. The molecule has 44 heavy (non-hydrogen) atoms. The molecule has 3 fully saturated rings. The zero-order chi connectivity index (χ0) is 31.3.